The predicted octanol–water partition coefficient (Wildman–Crippen LogP) is -0.934. The van der Waals surface area contributed by atoms with Gasteiger partial charge in [0.2, 0.25) is 0 Å². The zero-order valence-corrected chi connectivity index (χ0v) is 11.2. The maximum Gasteiger partial charge on any atom is 0.167 e. The number of hydrogen-bond acceptors (Lipinski definition) is 1. The van der Waals surface area contributed by atoms with Crippen molar-refractivity contribution in [3.8, 4) is 0 Å². The molecule has 4 heteroatoms. The summed E-state index contributed by atoms with van der Waals surface area (Å²) in [5.74, 6) is 0. The van der Waals surface area contributed by atoms with Gasteiger partial charge in [0.25, 0.3) is 0 Å². The van der Waals surface area contributed by atoms with Gasteiger partial charge < -0.3 is 17.3 Å². The molecule has 1 aliphatic rings. The van der Waals surface area contributed by atoms with E-state index in [2.05, 4.69) is 12.4 Å². The van der Waals surface area contributed by atoms with E-state index in [0.717, 1.165) is 17.9 Å². The van der Waals surface area contributed by atoms with Crippen molar-refractivity contribution in [1.82, 2.24) is 4.90 Å². The largest absolute Gasteiger partial charge is 1.00 e. The SMILES string of the molecule is CN(C)C=C1CCC(C=[N+](C)C)=C1Cl.[Cl-]. The van der Waals surface area contributed by atoms with Crippen LogP contribution in [0.1, 0.15) is 12.8 Å². The molecular formula is C11H18Cl2N2. The molecule has 0 atom stereocenters. The molecule has 0 fully saturated rings. The fourth-order valence-corrected chi connectivity index (χ4v) is 1.85. The van der Waals surface area contributed by atoms with Crippen molar-refractivity contribution in [2.24, 2.45) is 0 Å². The van der Waals surface area contributed by atoms with Crippen molar-refractivity contribution in [3.05, 3.63) is 22.4 Å². The molecule has 0 bridgehead atoms. The fraction of sp³-hybridized carbons (Fsp3) is 0.545. The van der Waals surface area contributed by atoms with Crippen LogP contribution >= 0.6 is 11.6 Å². The lowest BCUT2D eigenvalue weighted by atomic mass is 10.2. The van der Waals surface area contributed by atoms with Gasteiger partial charge in [-0.25, -0.2) is 4.58 Å². The number of nitrogens with zero attached hydrogens (tertiary/aromatic N) is 2. The Morgan fingerprint density at radius 2 is 1.87 bits per heavy atom. The zero-order valence-electron chi connectivity index (χ0n) is 9.72. The second-order valence-corrected chi connectivity index (χ2v) is 4.43. The van der Waals surface area contributed by atoms with E-state index in [-0.39, 0.29) is 12.4 Å². The van der Waals surface area contributed by atoms with Gasteiger partial charge in [-0.2, -0.15) is 0 Å². The number of halogens is 2. The molecule has 15 heavy (non-hydrogen) atoms. The molecular weight excluding hydrogens is 231 g/mol. The van der Waals surface area contributed by atoms with Crippen molar-refractivity contribution in [2.75, 3.05) is 28.2 Å². The maximum atomic E-state index is 6.26. The van der Waals surface area contributed by atoms with Crippen LogP contribution in [0.4, 0.5) is 0 Å². The van der Waals surface area contributed by atoms with Gasteiger partial charge in [0, 0.05) is 25.9 Å². The molecule has 0 N–H and O–H groups in total. The van der Waals surface area contributed by atoms with Crippen molar-refractivity contribution >= 4 is 17.8 Å². The summed E-state index contributed by atoms with van der Waals surface area (Å²) in [6.07, 6.45) is 6.30. The molecule has 0 unspecified atom stereocenters. The first kappa shape index (κ1) is 14.5. The lowest BCUT2D eigenvalue weighted by Crippen LogP contribution is -3.00. The highest BCUT2D eigenvalue weighted by molar-refractivity contribution is 6.34. The van der Waals surface area contributed by atoms with Gasteiger partial charge in [-0.1, -0.05) is 11.6 Å². The minimum atomic E-state index is 0. The molecule has 1 rings (SSSR count). The van der Waals surface area contributed by atoms with Gasteiger partial charge in [-0.05, 0) is 18.4 Å². The highest BCUT2D eigenvalue weighted by Crippen LogP contribution is 2.33. The summed E-state index contributed by atoms with van der Waals surface area (Å²) in [5, 5.41) is 0.924. The average molecular weight is 249 g/mol. The molecule has 1 aliphatic carbocycles. The van der Waals surface area contributed by atoms with Crippen LogP contribution in [0.2, 0.25) is 0 Å². The molecule has 0 amide bonds. The van der Waals surface area contributed by atoms with Crippen molar-refractivity contribution in [1.29, 1.82) is 0 Å². The summed E-state index contributed by atoms with van der Waals surface area (Å²) in [7, 11) is 8.07. The van der Waals surface area contributed by atoms with Crippen LogP contribution in [0.3, 0.4) is 0 Å². The Morgan fingerprint density at radius 3 is 2.33 bits per heavy atom. The first-order valence-corrected chi connectivity index (χ1v) is 5.16. The van der Waals surface area contributed by atoms with Crippen LogP contribution in [0, 0.1) is 0 Å². The first-order chi connectivity index (χ1) is 6.50. The Kier molecular flexibility index (Phi) is 5.99. The molecule has 0 aromatic carbocycles. The van der Waals surface area contributed by atoms with Gasteiger partial charge in [0.15, 0.2) is 6.21 Å². The van der Waals surface area contributed by atoms with E-state index in [1.54, 1.807) is 0 Å². The lowest BCUT2D eigenvalue weighted by Gasteiger charge is -2.06. The molecule has 0 heterocycles. The molecule has 0 spiro atoms. The van der Waals surface area contributed by atoms with Crippen LogP contribution in [0.15, 0.2) is 22.4 Å². The zero-order chi connectivity index (χ0) is 10.7. The minimum absolute atomic E-state index is 0. The Hall–Kier alpha value is -0.470. The smallest absolute Gasteiger partial charge is 0.167 e. The lowest BCUT2D eigenvalue weighted by molar-refractivity contribution is -0.459. The molecule has 0 saturated heterocycles. The van der Waals surface area contributed by atoms with Gasteiger partial charge in [0.05, 0.1) is 5.03 Å². The average Bonchev–Trinajstić information content (AvgIpc) is 2.34. The second-order valence-electron chi connectivity index (χ2n) is 4.05. The standard InChI is InChI=1S/C11H18ClN2.ClH/c1-13(2)7-9-5-6-10(11(9)12)8-14(3)4;/h7-8H,5-6H2,1-4H3;1H/q+1;/p-1. The van der Waals surface area contributed by atoms with Crippen molar-refractivity contribution < 1.29 is 17.0 Å². The highest BCUT2D eigenvalue weighted by atomic mass is 35.5. The van der Waals surface area contributed by atoms with Gasteiger partial charge in [0.1, 0.15) is 14.1 Å². The number of allylic oxidation sites excluding steroid dienone is 3. The fourth-order valence-electron chi connectivity index (χ4n) is 1.56. The third kappa shape index (κ3) is 4.27. The third-order valence-corrected chi connectivity index (χ3v) is 2.54. The summed E-state index contributed by atoms with van der Waals surface area (Å²) in [4.78, 5) is 2.04. The molecule has 86 valence electrons. The Balaban J connectivity index is 0.00000196. The van der Waals surface area contributed by atoms with E-state index in [4.69, 9.17) is 11.6 Å². The molecule has 0 saturated carbocycles. The normalized spacial score (nSPS) is 17.8. The topological polar surface area (TPSA) is 6.25 Å². The van der Waals surface area contributed by atoms with E-state index in [1.165, 1.54) is 11.1 Å². The van der Waals surface area contributed by atoms with E-state index >= 15 is 0 Å². The van der Waals surface area contributed by atoms with Gasteiger partial charge >= 0.3 is 0 Å². The number of hydrogen-bond donors (Lipinski definition) is 0. The molecule has 0 aliphatic heterocycles. The van der Waals surface area contributed by atoms with Crippen LogP contribution < -0.4 is 12.4 Å². The molecule has 0 aromatic rings. The van der Waals surface area contributed by atoms with Gasteiger partial charge in [-0.3, -0.25) is 0 Å². The summed E-state index contributed by atoms with van der Waals surface area (Å²) in [6, 6.07) is 0. The van der Waals surface area contributed by atoms with Crippen molar-refractivity contribution in [2.45, 2.75) is 12.8 Å². The van der Waals surface area contributed by atoms with Gasteiger partial charge in [-0.15, -0.1) is 0 Å². The van der Waals surface area contributed by atoms with Crippen LogP contribution in [-0.4, -0.2) is 43.9 Å². The quantitative estimate of drug-likeness (QED) is 0.452. The highest BCUT2D eigenvalue weighted by Gasteiger charge is 2.18. The maximum absolute atomic E-state index is 6.26. The Labute approximate surface area is 103 Å². The summed E-state index contributed by atoms with van der Waals surface area (Å²) >= 11 is 6.26. The molecule has 2 nitrogen and oxygen atoms in total. The van der Waals surface area contributed by atoms with E-state index in [0.29, 0.717) is 0 Å². The summed E-state index contributed by atoms with van der Waals surface area (Å²) in [5.41, 5.74) is 2.48. The molecule has 0 aromatic heterocycles. The minimum Gasteiger partial charge on any atom is -1.00 e. The second kappa shape index (κ2) is 6.19. The van der Waals surface area contributed by atoms with E-state index in [1.807, 2.05) is 37.7 Å². The first-order valence-electron chi connectivity index (χ1n) is 4.78. The van der Waals surface area contributed by atoms with E-state index < -0.39 is 0 Å². The van der Waals surface area contributed by atoms with Crippen LogP contribution in [-0.2, 0) is 0 Å². The number of rotatable bonds is 2. The van der Waals surface area contributed by atoms with Crippen LogP contribution in [0.25, 0.3) is 0 Å². The molecule has 0 radical (unpaired) electrons. The summed E-state index contributed by atoms with van der Waals surface area (Å²) in [6.45, 7) is 0. The van der Waals surface area contributed by atoms with Crippen LogP contribution in [0.5, 0.6) is 0 Å². The Morgan fingerprint density at radius 1 is 1.27 bits per heavy atom. The third-order valence-electron chi connectivity index (χ3n) is 2.06. The van der Waals surface area contributed by atoms with Crippen molar-refractivity contribution in [3.63, 3.8) is 0 Å². The Bertz CT molecular complexity index is 311. The predicted molar refractivity (Wildman–Crippen MR) is 62.1 cm³/mol. The van der Waals surface area contributed by atoms with E-state index in [9.17, 15) is 0 Å². The monoisotopic (exact) mass is 248 g/mol. The summed E-state index contributed by atoms with van der Waals surface area (Å²) < 4.78 is 2.04.